The van der Waals surface area contributed by atoms with Gasteiger partial charge in [0, 0.05) is 25.7 Å². The SMILES string of the molecule is CCCCOCCOCCOCCCNC(=O)OCC1c2ccccc2-c2ccccc21. The van der Waals surface area contributed by atoms with E-state index in [2.05, 4.69) is 36.5 Å². The molecule has 3 rings (SSSR count). The molecule has 0 unspecified atom stereocenters. The molecule has 0 aromatic heterocycles. The monoisotopic (exact) mass is 441 g/mol. The molecular weight excluding hydrogens is 406 g/mol. The Bertz CT molecular complexity index is 780. The standard InChI is InChI=1S/C26H35NO5/c1-2-3-14-29-16-18-31-19-17-30-15-8-13-27-26(28)32-20-25-23-11-6-4-9-21(23)22-10-5-7-12-24(22)25/h4-7,9-12,25H,2-3,8,13-20H2,1H3,(H,27,28). The first-order valence-corrected chi connectivity index (χ1v) is 11.6. The summed E-state index contributed by atoms with van der Waals surface area (Å²) < 4.78 is 21.9. The second kappa shape index (κ2) is 13.9. The van der Waals surface area contributed by atoms with Crippen molar-refractivity contribution in [1.29, 1.82) is 0 Å². The third kappa shape index (κ3) is 7.33. The highest BCUT2D eigenvalue weighted by Gasteiger charge is 2.28. The molecule has 0 radical (unpaired) electrons. The van der Waals surface area contributed by atoms with Crippen molar-refractivity contribution in [1.82, 2.24) is 5.32 Å². The first kappa shape index (κ1) is 24.2. The van der Waals surface area contributed by atoms with Crippen LogP contribution in [-0.2, 0) is 18.9 Å². The fourth-order valence-electron chi connectivity index (χ4n) is 3.80. The lowest BCUT2D eigenvalue weighted by atomic mass is 9.98. The fraction of sp³-hybridized carbons (Fsp3) is 0.500. The van der Waals surface area contributed by atoms with Gasteiger partial charge in [-0.2, -0.15) is 0 Å². The number of hydrogen-bond acceptors (Lipinski definition) is 5. The molecule has 0 heterocycles. The zero-order chi connectivity index (χ0) is 22.4. The lowest BCUT2D eigenvalue weighted by molar-refractivity contribution is 0.0137. The molecule has 0 fully saturated rings. The number of rotatable bonds is 15. The van der Waals surface area contributed by atoms with E-state index in [0.717, 1.165) is 25.9 Å². The van der Waals surface area contributed by atoms with Crippen LogP contribution in [0.15, 0.2) is 48.5 Å². The number of hydrogen-bond donors (Lipinski definition) is 1. The topological polar surface area (TPSA) is 66.0 Å². The van der Waals surface area contributed by atoms with E-state index in [9.17, 15) is 4.79 Å². The highest BCUT2D eigenvalue weighted by Crippen LogP contribution is 2.44. The molecule has 1 amide bonds. The molecule has 1 N–H and O–H groups in total. The Hall–Kier alpha value is -2.41. The molecule has 1 aliphatic rings. The molecule has 32 heavy (non-hydrogen) atoms. The van der Waals surface area contributed by atoms with Crippen molar-refractivity contribution in [3.8, 4) is 11.1 Å². The quantitative estimate of drug-likeness (QED) is 0.404. The van der Waals surface area contributed by atoms with Gasteiger partial charge in [-0.15, -0.1) is 0 Å². The van der Waals surface area contributed by atoms with E-state index in [-0.39, 0.29) is 5.92 Å². The summed E-state index contributed by atoms with van der Waals surface area (Å²) in [4.78, 5) is 12.1. The molecule has 0 bridgehead atoms. The van der Waals surface area contributed by atoms with Gasteiger partial charge in [-0.1, -0.05) is 61.9 Å². The average Bonchev–Trinajstić information content (AvgIpc) is 3.14. The van der Waals surface area contributed by atoms with E-state index in [1.54, 1.807) is 0 Å². The minimum atomic E-state index is -0.390. The van der Waals surface area contributed by atoms with Gasteiger partial charge in [-0.05, 0) is 35.1 Å². The van der Waals surface area contributed by atoms with Gasteiger partial charge in [-0.25, -0.2) is 4.79 Å². The zero-order valence-electron chi connectivity index (χ0n) is 19.0. The van der Waals surface area contributed by atoms with Gasteiger partial charge in [0.15, 0.2) is 0 Å². The van der Waals surface area contributed by atoms with E-state index < -0.39 is 6.09 Å². The molecule has 0 saturated carbocycles. The summed E-state index contributed by atoms with van der Waals surface area (Å²) in [6.07, 6.45) is 2.57. The molecule has 0 aliphatic heterocycles. The summed E-state index contributed by atoms with van der Waals surface area (Å²) in [5.74, 6) is 0.0773. The maximum absolute atomic E-state index is 12.1. The number of benzene rings is 2. The smallest absolute Gasteiger partial charge is 0.407 e. The molecule has 0 saturated heterocycles. The lowest BCUT2D eigenvalue weighted by Crippen LogP contribution is -2.27. The van der Waals surface area contributed by atoms with Gasteiger partial charge in [0.1, 0.15) is 6.61 Å². The first-order chi connectivity index (χ1) is 15.8. The van der Waals surface area contributed by atoms with E-state index in [4.69, 9.17) is 18.9 Å². The van der Waals surface area contributed by atoms with Crippen molar-refractivity contribution in [2.75, 3.05) is 52.8 Å². The maximum atomic E-state index is 12.1. The number of nitrogens with one attached hydrogen (secondary N) is 1. The lowest BCUT2D eigenvalue weighted by Gasteiger charge is -2.14. The van der Waals surface area contributed by atoms with Gasteiger partial charge >= 0.3 is 6.09 Å². The van der Waals surface area contributed by atoms with Crippen LogP contribution in [0.25, 0.3) is 11.1 Å². The van der Waals surface area contributed by atoms with Gasteiger partial charge in [0.05, 0.1) is 26.4 Å². The number of carbonyl (C=O) groups excluding carboxylic acids is 1. The van der Waals surface area contributed by atoms with Crippen LogP contribution in [0.3, 0.4) is 0 Å². The van der Waals surface area contributed by atoms with Crippen molar-refractivity contribution < 1.29 is 23.7 Å². The predicted octanol–water partition coefficient (Wildman–Crippen LogP) is 4.77. The molecule has 2 aromatic rings. The van der Waals surface area contributed by atoms with Crippen molar-refractivity contribution >= 4 is 6.09 Å². The number of amides is 1. The van der Waals surface area contributed by atoms with Gasteiger partial charge in [0.25, 0.3) is 0 Å². The van der Waals surface area contributed by atoms with Crippen LogP contribution >= 0.6 is 0 Å². The Kier molecular flexibility index (Phi) is 10.5. The Labute approximate surface area is 191 Å². The third-order valence-electron chi connectivity index (χ3n) is 5.46. The van der Waals surface area contributed by atoms with Crippen molar-refractivity contribution in [2.45, 2.75) is 32.1 Å². The predicted molar refractivity (Wildman–Crippen MR) is 125 cm³/mol. The number of unbranched alkanes of at least 4 members (excludes halogenated alkanes) is 1. The van der Waals surface area contributed by atoms with E-state index in [0.29, 0.717) is 46.2 Å². The van der Waals surface area contributed by atoms with Crippen LogP contribution in [0.5, 0.6) is 0 Å². The van der Waals surface area contributed by atoms with E-state index >= 15 is 0 Å². The normalized spacial score (nSPS) is 12.4. The van der Waals surface area contributed by atoms with Crippen LogP contribution < -0.4 is 5.32 Å². The molecule has 174 valence electrons. The molecule has 2 aromatic carbocycles. The summed E-state index contributed by atoms with van der Waals surface area (Å²) in [7, 11) is 0. The largest absolute Gasteiger partial charge is 0.449 e. The Morgan fingerprint density at radius 2 is 1.31 bits per heavy atom. The summed E-state index contributed by atoms with van der Waals surface area (Å²) in [6.45, 7) is 6.67. The molecular formula is C26H35NO5. The Morgan fingerprint density at radius 3 is 1.91 bits per heavy atom. The second-order valence-electron chi connectivity index (χ2n) is 7.80. The van der Waals surface area contributed by atoms with Crippen molar-refractivity contribution in [2.24, 2.45) is 0 Å². The summed E-state index contributed by atoms with van der Waals surface area (Å²) >= 11 is 0. The van der Waals surface area contributed by atoms with Crippen LogP contribution in [-0.4, -0.2) is 58.9 Å². The minimum Gasteiger partial charge on any atom is -0.449 e. The molecule has 1 aliphatic carbocycles. The van der Waals surface area contributed by atoms with E-state index in [1.165, 1.54) is 22.3 Å². The van der Waals surface area contributed by atoms with Gasteiger partial charge < -0.3 is 24.3 Å². The molecule has 0 spiro atoms. The summed E-state index contributed by atoms with van der Waals surface area (Å²) in [6, 6.07) is 16.6. The summed E-state index contributed by atoms with van der Waals surface area (Å²) in [5.41, 5.74) is 4.87. The van der Waals surface area contributed by atoms with Crippen LogP contribution in [0.2, 0.25) is 0 Å². The average molecular weight is 442 g/mol. The maximum Gasteiger partial charge on any atom is 0.407 e. The van der Waals surface area contributed by atoms with Crippen molar-refractivity contribution in [3.63, 3.8) is 0 Å². The minimum absolute atomic E-state index is 0.0773. The first-order valence-electron chi connectivity index (χ1n) is 11.6. The second-order valence-corrected chi connectivity index (χ2v) is 7.80. The van der Waals surface area contributed by atoms with Gasteiger partial charge in [0.2, 0.25) is 0 Å². The van der Waals surface area contributed by atoms with Crippen LogP contribution in [0.4, 0.5) is 4.79 Å². The molecule has 6 heteroatoms. The Balaban J connectivity index is 1.23. The fourth-order valence-corrected chi connectivity index (χ4v) is 3.80. The number of alkyl carbamates (subject to hydrolysis) is 1. The summed E-state index contributed by atoms with van der Waals surface area (Å²) in [5, 5.41) is 2.80. The zero-order valence-corrected chi connectivity index (χ0v) is 19.0. The van der Waals surface area contributed by atoms with Crippen molar-refractivity contribution in [3.05, 3.63) is 59.7 Å². The van der Waals surface area contributed by atoms with Crippen LogP contribution in [0, 0.1) is 0 Å². The number of ether oxygens (including phenoxy) is 4. The van der Waals surface area contributed by atoms with E-state index in [1.807, 2.05) is 24.3 Å². The van der Waals surface area contributed by atoms with Gasteiger partial charge in [-0.3, -0.25) is 0 Å². The Morgan fingerprint density at radius 1 is 0.781 bits per heavy atom. The molecule has 0 atom stereocenters. The highest BCUT2D eigenvalue weighted by molar-refractivity contribution is 5.79. The number of carbonyl (C=O) groups is 1. The third-order valence-corrected chi connectivity index (χ3v) is 5.46. The highest BCUT2D eigenvalue weighted by atomic mass is 16.6. The number of fused-ring (bicyclic) bond motifs is 3. The van der Waals surface area contributed by atoms with Crippen LogP contribution in [0.1, 0.15) is 43.2 Å². The molecule has 6 nitrogen and oxygen atoms in total.